The van der Waals surface area contributed by atoms with E-state index in [9.17, 15) is 9.18 Å². The Balaban J connectivity index is 1.86. The monoisotopic (exact) mass is 249 g/mol. The molecule has 18 heavy (non-hydrogen) atoms. The first-order valence-electron chi connectivity index (χ1n) is 6.42. The summed E-state index contributed by atoms with van der Waals surface area (Å²) in [5.41, 5.74) is 0.895. The van der Waals surface area contributed by atoms with Gasteiger partial charge in [-0.3, -0.25) is 4.79 Å². The Morgan fingerprint density at radius 2 is 1.94 bits per heavy atom. The molecule has 4 heteroatoms. The van der Waals surface area contributed by atoms with Crippen LogP contribution in [0.3, 0.4) is 0 Å². The summed E-state index contributed by atoms with van der Waals surface area (Å²) >= 11 is 0. The average Bonchev–Trinajstić information content (AvgIpc) is 2.59. The number of benzene rings is 1. The van der Waals surface area contributed by atoms with E-state index in [0.29, 0.717) is 12.8 Å². The summed E-state index contributed by atoms with van der Waals surface area (Å²) in [5, 5.41) is 9.12. The molecule has 3 nitrogen and oxygen atoms in total. The fraction of sp³-hybridized carbons (Fsp3) is 0.500. The number of anilines is 1. The van der Waals surface area contributed by atoms with Crippen molar-refractivity contribution in [3.05, 3.63) is 30.1 Å². The fourth-order valence-corrected chi connectivity index (χ4v) is 3.44. The highest BCUT2D eigenvalue weighted by Crippen LogP contribution is 2.41. The Morgan fingerprint density at radius 1 is 1.28 bits per heavy atom. The Labute approximate surface area is 105 Å². The van der Waals surface area contributed by atoms with Gasteiger partial charge in [-0.1, -0.05) is 6.07 Å². The Kier molecular flexibility index (Phi) is 2.73. The van der Waals surface area contributed by atoms with Gasteiger partial charge in [0.15, 0.2) is 0 Å². The molecule has 0 spiro atoms. The van der Waals surface area contributed by atoms with Crippen LogP contribution in [0.25, 0.3) is 0 Å². The summed E-state index contributed by atoms with van der Waals surface area (Å²) in [4.78, 5) is 13.3. The number of carboxylic acids is 1. The van der Waals surface area contributed by atoms with Crippen LogP contribution < -0.4 is 4.90 Å². The predicted molar refractivity (Wildman–Crippen MR) is 66.0 cm³/mol. The van der Waals surface area contributed by atoms with Crippen molar-refractivity contribution in [2.45, 2.75) is 37.8 Å². The van der Waals surface area contributed by atoms with E-state index in [-0.39, 0.29) is 23.8 Å². The van der Waals surface area contributed by atoms with E-state index in [1.54, 1.807) is 12.1 Å². The molecule has 2 aliphatic rings. The van der Waals surface area contributed by atoms with Gasteiger partial charge < -0.3 is 10.0 Å². The molecule has 1 aromatic rings. The number of aliphatic carboxylic acids is 1. The number of fused-ring (bicyclic) bond motifs is 2. The topological polar surface area (TPSA) is 40.5 Å². The quantitative estimate of drug-likeness (QED) is 0.876. The molecular weight excluding hydrogens is 233 g/mol. The smallest absolute Gasteiger partial charge is 0.306 e. The molecule has 2 heterocycles. The molecule has 2 saturated heterocycles. The van der Waals surface area contributed by atoms with E-state index in [0.717, 1.165) is 18.5 Å². The Hall–Kier alpha value is -1.58. The van der Waals surface area contributed by atoms with Gasteiger partial charge in [-0.2, -0.15) is 0 Å². The van der Waals surface area contributed by atoms with Gasteiger partial charge >= 0.3 is 5.97 Å². The number of nitrogens with zero attached hydrogens (tertiary/aromatic N) is 1. The van der Waals surface area contributed by atoms with Gasteiger partial charge in [0.05, 0.1) is 5.92 Å². The average molecular weight is 249 g/mol. The number of halogens is 1. The SMILES string of the molecule is O=C(O)C1CC2CCC(C1)N2c1cccc(F)c1. The summed E-state index contributed by atoms with van der Waals surface area (Å²) in [6.07, 6.45) is 3.40. The molecule has 1 aromatic carbocycles. The largest absolute Gasteiger partial charge is 0.481 e. The predicted octanol–water partition coefficient (Wildman–Crippen LogP) is 2.66. The highest BCUT2D eigenvalue weighted by atomic mass is 19.1. The van der Waals surface area contributed by atoms with Crippen molar-refractivity contribution in [3.8, 4) is 0 Å². The zero-order chi connectivity index (χ0) is 12.7. The third kappa shape index (κ3) is 1.85. The number of carbonyl (C=O) groups is 1. The number of rotatable bonds is 2. The number of hydrogen-bond acceptors (Lipinski definition) is 2. The third-order valence-corrected chi connectivity index (χ3v) is 4.19. The van der Waals surface area contributed by atoms with Crippen LogP contribution in [0.15, 0.2) is 24.3 Å². The normalized spacial score (nSPS) is 30.5. The molecular formula is C14H16FNO2. The van der Waals surface area contributed by atoms with E-state index in [2.05, 4.69) is 4.90 Å². The lowest BCUT2D eigenvalue weighted by molar-refractivity contribution is -0.142. The minimum atomic E-state index is -0.689. The highest BCUT2D eigenvalue weighted by molar-refractivity contribution is 5.71. The van der Waals surface area contributed by atoms with Crippen LogP contribution in [0.5, 0.6) is 0 Å². The number of piperidine rings is 1. The molecule has 0 aromatic heterocycles. The van der Waals surface area contributed by atoms with Gasteiger partial charge in [0.1, 0.15) is 5.82 Å². The lowest BCUT2D eigenvalue weighted by Gasteiger charge is -2.39. The van der Waals surface area contributed by atoms with Crippen molar-refractivity contribution >= 4 is 11.7 Å². The van der Waals surface area contributed by atoms with Gasteiger partial charge in [0.25, 0.3) is 0 Å². The van der Waals surface area contributed by atoms with Crippen LogP contribution in [-0.4, -0.2) is 23.2 Å². The minimum Gasteiger partial charge on any atom is -0.481 e. The maximum absolute atomic E-state index is 13.3. The van der Waals surface area contributed by atoms with E-state index in [4.69, 9.17) is 5.11 Å². The maximum Gasteiger partial charge on any atom is 0.306 e. The van der Waals surface area contributed by atoms with E-state index < -0.39 is 5.97 Å². The first-order valence-corrected chi connectivity index (χ1v) is 6.42. The summed E-state index contributed by atoms with van der Waals surface area (Å²) < 4.78 is 13.3. The second-order valence-corrected chi connectivity index (χ2v) is 5.28. The first kappa shape index (κ1) is 11.5. The lowest BCUT2D eigenvalue weighted by Crippen LogP contribution is -2.44. The summed E-state index contributed by atoms with van der Waals surface area (Å²) in [5.74, 6) is -1.15. The fourth-order valence-electron chi connectivity index (χ4n) is 3.44. The zero-order valence-corrected chi connectivity index (χ0v) is 10.1. The standard InChI is InChI=1S/C14H16FNO2/c15-10-2-1-3-11(8-10)16-12-4-5-13(16)7-9(6-12)14(17)18/h1-3,8-9,12-13H,4-7H2,(H,17,18). The molecule has 96 valence electrons. The van der Waals surface area contributed by atoms with Crippen molar-refractivity contribution < 1.29 is 14.3 Å². The highest BCUT2D eigenvalue weighted by Gasteiger charge is 2.42. The zero-order valence-electron chi connectivity index (χ0n) is 10.1. The van der Waals surface area contributed by atoms with Crippen molar-refractivity contribution in [3.63, 3.8) is 0 Å². The second kappa shape index (κ2) is 4.26. The van der Waals surface area contributed by atoms with Crippen LogP contribution in [0.2, 0.25) is 0 Å². The van der Waals surface area contributed by atoms with Crippen molar-refractivity contribution in [1.82, 2.24) is 0 Å². The van der Waals surface area contributed by atoms with Crippen LogP contribution >= 0.6 is 0 Å². The maximum atomic E-state index is 13.3. The molecule has 0 saturated carbocycles. The van der Waals surface area contributed by atoms with Crippen molar-refractivity contribution in [2.75, 3.05) is 4.90 Å². The Bertz CT molecular complexity index is 463. The van der Waals surface area contributed by atoms with Gasteiger partial charge in [-0.25, -0.2) is 4.39 Å². The van der Waals surface area contributed by atoms with Crippen LogP contribution in [0, 0.1) is 11.7 Å². The molecule has 2 atom stereocenters. The molecule has 2 aliphatic heterocycles. The molecule has 0 aliphatic carbocycles. The van der Waals surface area contributed by atoms with E-state index >= 15 is 0 Å². The second-order valence-electron chi connectivity index (χ2n) is 5.28. The third-order valence-electron chi connectivity index (χ3n) is 4.19. The van der Waals surface area contributed by atoms with Gasteiger partial charge in [0, 0.05) is 17.8 Å². The molecule has 1 N–H and O–H groups in total. The molecule has 0 amide bonds. The van der Waals surface area contributed by atoms with Crippen LogP contribution in [0.4, 0.5) is 10.1 Å². The first-order chi connectivity index (χ1) is 8.65. The van der Waals surface area contributed by atoms with Crippen LogP contribution in [0.1, 0.15) is 25.7 Å². The lowest BCUT2D eigenvalue weighted by atomic mass is 9.90. The van der Waals surface area contributed by atoms with E-state index in [1.165, 1.54) is 6.07 Å². The Morgan fingerprint density at radius 3 is 2.50 bits per heavy atom. The van der Waals surface area contributed by atoms with Gasteiger partial charge in [-0.15, -0.1) is 0 Å². The molecule has 0 radical (unpaired) electrons. The van der Waals surface area contributed by atoms with Gasteiger partial charge in [0.2, 0.25) is 0 Å². The molecule has 2 bridgehead atoms. The van der Waals surface area contributed by atoms with Gasteiger partial charge in [-0.05, 0) is 43.9 Å². The minimum absolute atomic E-state index is 0.229. The van der Waals surface area contributed by atoms with E-state index in [1.807, 2.05) is 6.07 Å². The summed E-state index contributed by atoms with van der Waals surface area (Å²) in [7, 11) is 0. The number of hydrogen-bond donors (Lipinski definition) is 1. The molecule has 3 rings (SSSR count). The van der Waals surface area contributed by atoms with Crippen molar-refractivity contribution in [2.24, 2.45) is 5.92 Å². The molecule has 2 fully saturated rings. The molecule has 2 unspecified atom stereocenters. The summed E-state index contributed by atoms with van der Waals surface area (Å²) in [6.45, 7) is 0. The number of carboxylic acid groups (broad SMARTS) is 1. The van der Waals surface area contributed by atoms with Crippen molar-refractivity contribution in [1.29, 1.82) is 0 Å². The summed E-state index contributed by atoms with van der Waals surface area (Å²) in [6, 6.07) is 7.13. The van der Waals surface area contributed by atoms with Crippen LogP contribution in [-0.2, 0) is 4.79 Å².